The fourth-order valence-corrected chi connectivity index (χ4v) is 4.05. The summed E-state index contributed by atoms with van der Waals surface area (Å²) in [6.07, 6.45) is 9.18. The van der Waals surface area contributed by atoms with Crippen LogP contribution < -0.4 is 10.2 Å². The molecule has 0 radical (unpaired) electrons. The molecule has 110 valence electrons. The largest absolute Gasteiger partial charge is 0.365 e. The second kappa shape index (κ2) is 6.17. The Morgan fingerprint density at radius 1 is 1.10 bits per heavy atom. The zero-order valence-electron chi connectivity index (χ0n) is 12.9. The van der Waals surface area contributed by atoms with E-state index in [0.717, 1.165) is 18.1 Å². The molecule has 1 aromatic carbocycles. The highest BCUT2D eigenvalue weighted by molar-refractivity contribution is 5.51. The van der Waals surface area contributed by atoms with Crippen molar-refractivity contribution in [2.45, 2.75) is 70.0 Å². The highest BCUT2D eigenvalue weighted by Gasteiger charge is 2.40. The number of fused-ring (bicyclic) bond motifs is 2. The van der Waals surface area contributed by atoms with Gasteiger partial charge in [-0.1, -0.05) is 25.5 Å². The predicted octanol–water partition coefficient (Wildman–Crippen LogP) is 3.75. The van der Waals surface area contributed by atoms with Crippen molar-refractivity contribution in [2.75, 3.05) is 11.9 Å². The molecule has 2 bridgehead atoms. The van der Waals surface area contributed by atoms with Crippen molar-refractivity contribution in [1.29, 1.82) is 0 Å². The van der Waals surface area contributed by atoms with Gasteiger partial charge in [0.05, 0.1) is 0 Å². The normalized spacial score (nSPS) is 28.9. The Kier molecular flexibility index (Phi) is 4.30. The van der Waals surface area contributed by atoms with Crippen molar-refractivity contribution >= 4 is 5.69 Å². The van der Waals surface area contributed by atoms with Gasteiger partial charge in [0.1, 0.15) is 0 Å². The highest BCUT2D eigenvalue weighted by Crippen LogP contribution is 2.39. The topological polar surface area (TPSA) is 15.3 Å². The fraction of sp³-hybridized carbons (Fsp3) is 0.667. The van der Waals surface area contributed by atoms with Crippen LogP contribution >= 0.6 is 0 Å². The number of piperidine rings is 1. The van der Waals surface area contributed by atoms with Crippen LogP contribution in [-0.4, -0.2) is 25.2 Å². The zero-order chi connectivity index (χ0) is 13.9. The molecule has 20 heavy (non-hydrogen) atoms. The van der Waals surface area contributed by atoms with E-state index < -0.39 is 0 Å². The Hall–Kier alpha value is -1.02. The molecule has 2 aliphatic heterocycles. The minimum absolute atomic E-state index is 0.729. The molecule has 2 unspecified atom stereocenters. The second-order valence-corrected chi connectivity index (χ2v) is 6.52. The summed E-state index contributed by atoms with van der Waals surface area (Å²) in [6, 6.07) is 11.6. The Bertz CT molecular complexity index is 412. The third-order valence-electron chi connectivity index (χ3n) is 5.19. The highest BCUT2D eigenvalue weighted by atomic mass is 15.2. The van der Waals surface area contributed by atoms with Crippen LogP contribution in [0.25, 0.3) is 0 Å². The van der Waals surface area contributed by atoms with E-state index in [1.165, 1.54) is 56.2 Å². The van der Waals surface area contributed by atoms with Crippen molar-refractivity contribution in [2.24, 2.45) is 0 Å². The van der Waals surface area contributed by atoms with E-state index in [1.54, 1.807) is 0 Å². The Morgan fingerprint density at radius 3 is 2.30 bits per heavy atom. The number of rotatable bonds is 5. The number of unbranched alkanes of at least 4 members (excludes halogenated alkanes) is 1. The molecule has 2 nitrogen and oxygen atoms in total. The van der Waals surface area contributed by atoms with Gasteiger partial charge < -0.3 is 10.2 Å². The lowest BCUT2D eigenvalue weighted by Gasteiger charge is -2.40. The van der Waals surface area contributed by atoms with Gasteiger partial charge in [0.2, 0.25) is 0 Å². The summed E-state index contributed by atoms with van der Waals surface area (Å²) < 4.78 is 0. The Balaban J connectivity index is 1.70. The zero-order valence-corrected chi connectivity index (χ0v) is 12.9. The average Bonchev–Trinajstić information content (AvgIpc) is 2.76. The first kappa shape index (κ1) is 13.9. The van der Waals surface area contributed by atoms with E-state index in [2.05, 4.69) is 48.5 Å². The Labute approximate surface area is 123 Å². The van der Waals surface area contributed by atoms with Gasteiger partial charge in [0, 0.05) is 23.8 Å². The van der Waals surface area contributed by atoms with E-state index in [9.17, 15) is 0 Å². The number of nitrogens with one attached hydrogen (secondary N) is 1. The number of hydrogen-bond donors (Lipinski definition) is 1. The van der Waals surface area contributed by atoms with Crippen LogP contribution in [0, 0.1) is 0 Å². The minimum Gasteiger partial charge on any atom is -0.365 e. The first-order chi connectivity index (χ1) is 9.81. The maximum Gasteiger partial charge on any atom is 0.0371 e. The first-order valence-electron chi connectivity index (χ1n) is 8.36. The number of benzene rings is 1. The van der Waals surface area contributed by atoms with Crippen LogP contribution in [0.3, 0.4) is 0 Å². The fourth-order valence-electron chi connectivity index (χ4n) is 4.05. The number of hydrogen-bond acceptors (Lipinski definition) is 2. The van der Waals surface area contributed by atoms with Crippen molar-refractivity contribution in [3.63, 3.8) is 0 Å². The molecule has 2 fully saturated rings. The van der Waals surface area contributed by atoms with Gasteiger partial charge >= 0.3 is 0 Å². The van der Waals surface area contributed by atoms with Gasteiger partial charge in [-0.05, 0) is 63.3 Å². The maximum atomic E-state index is 3.48. The average molecular weight is 272 g/mol. The van der Waals surface area contributed by atoms with Crippen LogP contribution in [0.2, 0.25) is 0 Å². The molecule has 0 saturated carbocycles. The second-order valence-electron chi connectivity index (χ2n) is 6.52. The van der Waals surface area contributed by atoms with Crippen LogP contribution in [0.1, 0.15) is 51.0 Å². The third-order valence-corrected chi connectivity index (χ3v) is 5.19. The van der Waals surface area contributed by atoms with E-state index in [1.807, 2.05) is 0 Å². The van der Waals surface area contributed by atoms with Crippen LogP contribution in [0.5, 0.6) is 0 Å². The van der Waals surface area contributed by atoms with Gasteiger partial charge in [-0.2, -0.15) is 0 Å². The van der Waals surface area contributed by atoms with E-state index in [0.29, 0.717) is 0 Å². The smallest absolute Gasteiger partial charge is 0.0371 e. The molecule has 1 aromatic rings. The lowest BCUT2D eigenvalue weighted by atomic mass is 9.96. The molecule has 0 aliphatic carbocycles. The minimum atomic E-state index is 0.729. The van der Waals surface area contributed by atoms with Crippen molar-refractivity contribution in [3.8, 4) is 0 Å². The van der Waals surface area contributed by atoms with E-state index in [-0.39, 0.29) is 0 Å². The SMILES string of the molecule is CCCCc1ccc(N2C3CCC2CC(NC)C3)cc1. The van der Waals surface area contributed by atoms with Crippen LogP contribution in [0.4, 0.5) is 5.69 Å². The first-order valence-corrected chi connectivity index (χ1v) is 8.36. The molecule has 1 N–H and O–H groups in total. The summed E-state index contributed by atoms with van der Waals surface area (Å²) in [5.74, 6) is 0. The summed E-state index contributed by atoms with van der Waals surface area (Å²) in [6.45, 7) is 2.26. The molecule has 3 rings (SSSR count). The Morgan fingerprint density at radius 2 is 1.75 bits per heavy atom. The monoisotopic (exact) mass is 272 g/mol. The molecule has 2 atom stereocenters. The van der Waals surface area contributed by atoms with Gasteiger partial charge in [-0.25, -0.2) is 0 Å². The quantitative estimate of drug-likeness (QED) is 0.878. The lowest BCUT2D eigenvalue weighted by Crippen LogP contribution is -2.48. The summed E-state index contributed by atoms with van der Waals surface area (Å²) in [4.78, 5) is 2.71. The molecule has 2 aliphatic rings. The van der Waals surface area contributed by atoms with E-state index >= 15 is 0 Å². The van der Waals surface area contributed by atoms with Crippen molar-refractivity contribution in [1.82, 2.24) is 5.32 Å². The maximum absolute atomic E-state index is 3.48. The van der Waals surface area contributed by atoms with Gasteiger partial charge in [-0.3, -0.25) is 0 Å². The molecule has 2 heterocycles. The van der Waals surface area contributed by atoms with Crippen LogP contribution in [0.15, 0.2) is 24.3 Å². The van der Waals surface area contributed by atoms with Crippen molar-refractivity contribution < 1.29 is 0 Å². The standard InChI is InChI=1S/C18H28N2/c1-3-4-5-14-6-8-16(9-7-14)20-17-10-11-18(20)13-15(12-17)19-2/h6-9,15,17-19H,3-5,10-13H2,1-2H3. The summed E-state index contributed by atoms with van der Waals surface area (Å²) in [7, 11) is 2.11. The number of aryl methyl sites for hydroxylation is 1. The molecule has 0 amide bonds. The molecular weight excluding hydrogens is 244 g/mol. The molecular formula is C18H28N2. The molecule has 2 heteroatoms. The number of nitrogens with zero attached hydrogens (tertiary/aromatic N) is 1. The predicted molar refractivity (Wildman–Crippen MR) is 86.4 cm³/mol. The lowest BCUT2D eigenvalue weighted by molar-refractivity contribution is 0.374. The van der Waals surface area contributed by atoms with Crippen molar-refractivity contribution in [3.05, 3.63) is 29.8 Å². The van der Waals surface area contributed by atoms with Crippen LogP contribution in [-0.2, 0) is 6.42 Å². The van der Waals surface area contributed by atoms with Gasteiger partial charge in [-0.15, -0.1) is 0 Å². The molecule has 0 spiro atoms. The summed E-state index contributed by atoms with van der Waals surface area (Å²) in [5.41, 5.74) is 2.94. The number of anilines is 1. The molecule has 2 saturated heterocycles. The van der Waals surface area contributed by atoms with Gasteiger partial charge in [0.15, 0.2) is 0 Å². The third kappa shape index (κ3) is 2.71. The summed E-state index contributed by atoms with van der Waals surface area (Å²) in [5, 5.41) is 3.48. The summed E-state index contributed by atoms with van der Waals surface area (Å²) >= 11 is 0. The van der Waals surface area contributed by atoms with Gasteiger partial charge in [0.25, 0.3) is 0 Å². The molecule has 0 aromatic heterocycles. The van der Waals surface area contributed by atoms with E-state index in [4.69, 9.17) is 0 Å².